The van der Waals surface area contributed by atoms with Gasteiger partial charge in [-0.1, -0.05) is 44.2 Å². The van der Waals surface area contributed by atoms with Gasteiger partial charge in [-0.05, 0) is 12.0 Å². The largest absolute Gasteiger partial charge is 0.493 e. The van der Waals surface area contributed by atoms with Crippen molar-refractivity contribution in [2.24, 2.45) is 11.8 Å². The Morgan fingerprint density at radius 2 is 1.56 bits per heavy atom. The summed E-state index contributed by atoms with van der Waals surface area (Å²) in [6, 6.07) is 9.00. The summed E-state index contributed by atoms with van der Waals surface area (Å²) in [6.07, 6.45) is 1.46. The van der Waals surface area contributed by atoms with Gasteiger partial charge in [0.15, 0.2) is 17.5 Å². The number of carbonyl (C=O) groups excluding carboxylic acids is 5. The van der Waals surface area contributed by atoms with Crippen LogP contribution in [0.25, 0.3) is 0 Å². The molecule has 0 fully saturated rings. The molecule has 210 valence electrons. The molecule has 0 saturated heterocycles. The number of hydrogen-bond donors (Lipinski definition) is 1. The molecule has 0 aliphatic rings. The number of rotatable bonds is 13. The van der Waals surface area contributed by atoms with Gasteiger partial charge in [-0.15, -0.1) is 0 Å². The molecule has 2 rings (SSSR count). The zero-order valence-corrected chi connectivity index (χ0v) is 22.4. The number of esters is 4. The SMILES string of the molecule is COC(=O)C(COC(=O)C(COC(=O)C(C)C)Cc1ccccc1)NC(=O)c1nccc(OC)c1OC(C)=O. The summed E-state index contributed by atoms with van der Waals surface area (Å²) in [7, 11) is 2.41. The molecule has 0 aliphatic heterocycles. The first-order valence-electron chi connectivity index (χ1n) is 12.0. The maximum atomic E-state index is 13.0. The van der Waals surface area contributed by atoms with Gasteiger partial charge in [-0.25, -0.2) is 9.78 Å². The Hall–Kier alpha value is -4.48. The van der Waals surface area contributed by atoms with Crippen molar-refractivity contribution in [1.29, 1.82) is 0 Å². The van der Waals surface area contributed by atoms with Gasteiger partial charge in [0, 0.05) is 19.2 Å². The standard InChI is InChI=1S/C27H32N2O10/c1-16(2)25(32)37-14-19(13-18-9-7-6-8-10-18)26(33)38-15-20(27(34)36-5)29-24(31)22-23(39-17(3)30)21(35-4)11-12-28-22/h6-12,16,19-20H,13-15H2,1-5H3,(H,29,31). The monoisotopic (exact) mass is 544 g/mol. The van der Waals surface area contributed by atoms with E-state index in [4.69, 9.17) is 23.7 Å². The van der Waals surface area contributed by atoms with Gasteiger partial charge in [-0.3, -0.25) is 19.2 Å². The summed E-state index contributed by atoms with van der Waals surface area (Å²) in [5.74, 6) is -5.22. The minimum absolute atomic E-state index is 0.0612. The van der Waals surface area contributed by atoms with Crippen molar-refractivity contribution in [2.45, 2.75) is 33.2 Å². The van der Waals surface area contributed by atoms with E-state index in [0.717, 1.165) is 19.6 Å². The number of nitrogens with zero attached hydrogens (tertiary/aromatic N) is 1. The van der Waals surface area contributed by atoms with E-state index in [1.165, 1.54) is 19.4 Å². The fraction of sp³-hybridized carbons (Fsp3) is 0.407. The van der Waals surface area contributed by atoms with E-state index in [0.29, 0.717) is 0 Å². The van der Waals surface area contributed by atoms with Crippen LogP contribution in [0.5, 0.6) is 11.5 Å². The zero-order chi connectivity index (χ0) is 28.9. The van der Waals surface area contributed by atoms with Crippen LogP contribution in [0.4, 0.5) is 0 Å². The smallest absolute Gasteiger partial charge is 0.331 e. The van der Waals surface area contributed by atoms with Crippen LogP contribution in [-0.2, 0) is 39.8 Å². The van der Waals surface area contributed by atoms with Gasteiger partial charge < -0.3 is 29.0 Å². The Morgan fingerprint density at radius 1 is 0.897 bits per heavy atom. The Balaban J connectivity index is 2.19. The lowest BCUT2D eigenvalue weighted by atomic mass is 10.00. The predicted molar refractivity (Wildman–Crippen MR) is 136 cm³/mol. The first kappa shape index (κ1) is 30.7. The fourth-order valence-electron chi connectivity index (χ4n) is 3.27. The Labute approximate surface area is 225 Å². The van der Waals surface area contributed by atoms with E-state index in [1.54, 1.807) is 26.0 Å². The highest BCUT2D eigenvalue weighted by Crippen LogP contribution is 2.29. The molecule has 39 heavy (non-hydrogen) atoms. The molecule has 1 aromatic carbocycles. The quantitative estimate of drug-likeness (QED) is 0.290. The summed E-state index contributed by atoms with van der Waals surface area (Å²) >= 11 is 0. The van der Waals surface area contributed by atoms with E-state index in [-0.39, 0.29) is 36.1 Å². The van der Waals surface area contributed by atoms with Crippen LogP contribution in [0, 0.1) is 11.8 Å². The minimum atomic E-state index is -1.43. The number of hydrogen-bond acceptors (Lipinski definition) is 11. The highest BCUT2D eigenvalue weighted by atomic mass is 16.6. The molecular formula is C27H32N2O10. The molecule has 1 N–H and O–H groups in total. The average molecular weight is 545 g/mol. The predicted octanol–water partition coefficient (Wildman–Crippen LogP) is 1.89. The molecule has 1 aromatic heterocycles. The molecule has 2 atom stereocenters. The van der Waals surface area contributed by atoms with Gasteiger partial charge in [-0.2, -0.15) is 0 Å². The number of amides is 1. The molecule has 2 unspecified atom stereocenters. The number of carbonyl (C=O) groups is 5. The van der Waals surface area contributed by atoms with Crippen molar-refractivity contribution in [2.75, 3.05) is 27.4 Å². The number of pyridine rings is 1. The summed E-state index contributed by atoms with van der Waals surface area (Å²) in [6.45, 7) is 3.64. The van der Waals surface area contributed by atoms with E-state index in [9.17, 15) is 24.0 Å². The molecule has 1 heterocycles. The fourth-order valence-corrected chi connectivity index (χ4v) is 3.27. The van der Waals surface area contributed by atoms with Crippen molar-refractivity contribution in [1.82, 2.24) is 10.3 Å². The van der Waals surface area contributed by atoms with Crippen molar-refractivity contribution in [3.8, 4) is 11.5 Å². The van der Waals surface area contributed by atoms with Gasteiger partial charge in [0.05, 0.1) is 26.1 Å². The second-order valence-corrected chi connectivity index (χ2v) is 8.64. The number of aromatic nitrogens is 1. The summed E-state index contributed by atoms with van der Waals surface area (Å²) in [4.78, 5) is 65.8. The second-order valence-electron chi connectivity index (χ2n) is 8.64. The molecule has 2 aromatic rings. The van der Waals surface area contributed by atoms with Gasteiger partial charge in [0.25, 0.3) is 5.91 Å². The lowest BCUT2D eigenvalue weighted by Gasteiger charge is -2.20. The summed E-state index contributed by atoms with van der Waals surface area (Å²) in [5, 5.41) is 2.37. The van der Waals surface area contributed by atoms with Crippen molar-refractivity contribution < 1.29 is 47.7 Å². The molecular weight excluding hydrogens is 512 g/mol. The molecule has 0 spiro atoms. The van der Waals surface area contributed by atoms with Crippen LogP contribution in [0.1, 0.15) is 36.8 Å². The normalized spacial score (nSPS) is 12.1. The third kappa shape index (κ3) is 9.40. The van der Waals surface area contributed by atoms with Crippen LogP contribution in [0.15, 0.2) is 42.6 Å². The average Bonchev–Trinajstić information content (AvgIpc) is 2.92. The lowest BCUT2D eigenvalue weighted by molar-refractivity contribution is -0.158. The molecule has 0 saturated carbocycles. The Bertz CT molecular complexity index is 1170. The van der Waals surface area contributed by atoms with Crippen molar-refractivity contribution in [3.05, 3.63) is 53.9 Å². The molecule has 1 amide bonds. The van der Waals surface area contributed by atoms with Crippen LogP contribution in [0.2, 0.25) is 0 Å². The maximum Gasteiger partial charge on any atom is 0.331 e. The molecule has 0 aliphatic carbocycles. The zero-order valence-electron chi connectivity index (χ0n) is 22.4. The van der Waals surface area contributed by atoms with Crippen LogP contribution >= 0.6 is 0 Å². The molecule has 12 nitrogen and oxygen atoms in total. The first-order valence-corrected chi connectivity index (χ1v) is 12.0. The maximum absolute atomic E-state index is 13.0. The van der Waals surface area contributed by atoms with Crippen molar-refractivity contribution >= 4 is 29.8 Å². The highest BCUT2D eigenvalue weighted by Gasteiger charge is 2.30. The Morgan fingerprint density at radius 3 is 2.15 bits per heavy atom. The van der Waals surface area contributed by atoms with E-state index in [2.05, 4.69) is 10.3 Å². The minimum Gasteiger partial charge on any atom is -0.493 e. The van der Waals surface area contributed by atoms with Gasteiger partial charge >= 0.3 is 23.9 Å². The van der Waals surface area contributed by atoms with Crippen LogP contribution < -0.4 is 14.8 Å². The number of benzene rings is 1. The topological polar surface area (TPSA) is 156 Å². The third-order valence-electron chi connectivity index (χ3n) is 5.29. The lowest BCUT2D eigenvalue weighted by Crippen LogP contribution is -2.46. The van der Waals surface area contributed by atoms with Gasteiger partial charge in [0.1, 0.15) is 13.2 Å². The highest BCUT2D eigenvalue weighted by molar-refractivity contribution is 5.98. The second kappa shape index (κ2) is 15.1. The van der Waals surface area contributed by atoms with Crippen molar-refractivity contribution in [3.63, 3.8) is 0 Å². The number of ether oxygens (including phenoxy) is 5. The van der Waals surface area contributed by atoms with Gasteiger partial charge in [0.2, 0.25) is 5.75 Å². The van der Waals surface area contributed by atoms with E-state index >= 15 is 0 Å². The Kier molecular flexibility index (Phi) is 11.9. The van der Waals surface area contributed by atoms with Crippen LogP contribution in [-0.4, -0.2) is 68.2 Å². The van der Waals surface area contributed by atoms with E-state index < -0.39 is 48.4 Å². The summed E-state index contributed by atoms with van der Waals surface area (Å²) < 4.78 is 25.6. The summed E-state index contributed by atoms with van der Waals surface area (Å²) in [5.41, 5.74) is 0.465. The first-order chi connectivity index (χ1) is 18.6. The van der Waals surface area contributed by atoms with Crippen LogP contribution in [0.3, 0.4) is 0 Å². The third-order valence-corrected chi connectivity index (χ3v) is 5.29. The molecule has 0 radical (unpaired) electrons. The number of nitrogens with one attached hydrogen (secondary N) is 1. The molecule has 0 bridgehead atoms. The number of methoxy groups -OCH3 is 2. The van der Waals surface area contributed by atoms with E-state index in [1.807, 2.05) is 18.2 Å². The molecule has 12 heteroatoms.